The molecule has 3 aromatic rings. The van der Waals surface area contributed by atoms with Gasteiger partial charge in [-0.2, -0.15) is 0 Å². The molecule has 164 valence electrons. The minimum atomic E-state index is 0.0242. The number of H-pyrrole nitrogens is 1. The first-order valence-corrected chi connectivity index (χ1v) is 12.3. The van der Waals surface area contributed by atoms with Crippen molar-refractivity contribution in [3.05, 3.63) is 59.4 Å². The summed E-state index contributed by atoms with van der Waals surface area (Å²) >= 11 is 1.93. The second-order valence-corrected chi connectivity index (χ2v) is 9.49. The molecule has 2 heterocycles. The number of aromatic amines is 1. The molecule has 0 saturated carbocycles. The third kappa shape index (κ3) is 6.34. The molecule has 0 aliphatic carbocycles. The summed E-state index contributed by atoms with van der Waals surface area (Å²) in [6.45, 7) is 3.56. The van der Waals surface area contributed by atoms with Gasteiger partial charge in [-0.25, -0.2) is 4.98 Å². The van der Waals surface area contributed by atoms with Gasteiger partial charge >= 0.3 is 0 Å². The van der Waals surface area contributed by atoms with Crippen LogP contribution < -0.4 is 5.32 Å². The molecule has 0 unspecified atom stereocenters. The van der Waals surface area contributed by atoms with Crippen molar-refractivity contribution < 1.29 is 4.79 Å². The number of rotatable bonds is 9. The fourth-order valence-corrected chi connectivity index (χ4v) is 5.08. The summed E-state index contributed by atoms with van der Waals surface area (Å²) in [5.74, 6) is 2.12. The van der Waals surface area contributed by atoms with Gasteiger partial charge in [0, 0.05) is 24.9 Å². The van der Waals surface area contributed by atoms with Crippen LogP contribution in [0.4, 0.5) is 0 Å². The number of nitrogens with one attached hydrogen (secondary N) is 2. The van der Waals surface area contributed by atoms with Crippen LogP contribution in [0.3, 0.4) is 0 Å². The maximum atomic E-state index is 11.6. The highest BCUT2D eigenvalue weighted by Crippen LogP contribution is 2.23. The van der Waals surface area contributed by atoms with E-state index in [1.165, 1.54) is 42.8 Å². The SMILES string of the molecule is CNC(=O)Cc1ccc2nc(CCCSc3cccc(CN4CCCCC4)c3)[nH]c2c1. The van der Waals surface area contributed by atoms with Gasteiger partial charge in [0.2, 0.25) is 5.91 Å². The number of aromatic nitrogens is 2. The summed E-state index contributed by atoms with van der Waals surface area (Å²) in [5.41, 5.74) is 4.40. The van der Waals surface area contributed by atoms with E-state index in [2.05, 4.69) is 39.5 Å². The maximum Gasteiger partial charge on any atom is 0.224 e. The summed E-state index contributed by atoms with van der Waals surface area (Å²) in [5, 5.41) is 2.67. The minimum Gasteiger partial charge on any atom is -0.359 e. The molecule has 1 fully saturated rings. The van der Waals surface area contributed by atoms with Crippen molar-refractivity contribution in [2.24, 2.45) is 0 Å². The molecule has 1 aliphatic heterocycles. The number of piperidine rings is 1. The van der Waals surface area contributed by atoms with E-state index in [0.29, 0.717) is 6.42 Å². The van der Waals surface area contributed by atoms with Crippen molar-refractivity contribution in [3.8, 4) is 0 Å². The molecule has 1 saturated heterocycles. The second-order valence-electron chi connectivity index (χ2n) is 8.32. The molecule has 0 atom stereocenters. The number of carbonyl (C=O) groups is 1. The minimum absolute atomic E-state index is 0.0242. The Bertz CT molecular complexity index is 1010. The first-order chi connectivity index (χ1) is 15.2. The molecule has 0 spiro atoms. The lowest BCUT2D eigenvalue weighted by molar-refractivity contribution is -0.119. The lowest BCUT2D eigenvalue weighted by Gasteiger charge is -2.26. The smallest absolute Gasteiger partial charge is 0.224 e. The van der Waals surface area contributed by atoms with Crippen molar-refractivity contribution in [3.63, 3.8) is 0 Å². The van der Waals surface area contributed by atoms with Gasteiger partial charge in [0.25, 0.3) is 0 Å². The van der Waals surface area contributed by atoms with Gasteiger partial charge in [-0.3, -0.25) is 9.69 Å². The summed E-state index contributed by atoms with van der Waals surface area (Å²) in [6.07, 6.45) is 6.46. The van der Waals surface area contributed by atoms with Crippen LogP contribution in [0.1, 0.15) is 42.6 Å². The molecule has 0 radical (unpaired) electrons. The standard InChI is InChI=1S/C25H32N4OS/c1-26-25(30)17-19-10-11-22-23(16-19)28-24(27-22)9-6-14-31-21-8-5-7-20(15-21)18-29-12-3-2-4-13-29/h5,7-8,10-11,15-16H,2-4,6,9,12-14,17-18H2,1H3,(H,26,30)(H,27,28). The summed E-state index contributed by atoms with van der Waals surface area (Å²) in [6, 6.07) is 15.0. The van der Waals surface area contributed by atoms with Crippen LogP contribution in [0.2, 0.25) is 0 Å². The Hall–Kier alpha value is -2.31. The van der Waals surface area contributed by atoms with Crippen molar-refractivity contribution in [1.29, 1.82) is 0 Å². The molecule has 5 nitrogen and oxygen atoms in total. The van der Waals surface area contributed by atoms with Gasteiger partial charge < -0.3 is 10.3 Å². The molecule has 2 aromatic carbocycles. The largest absolute Gasteiger partial charge is 0.359 e. The van der Waals surface area contributed by atoms with Gasteiger partial charge in [-0.15, -0.1) is 11.8 Å². The van der Waals surface area contributed by atoms with Crippen LogP contribution in [-0.2, 0) is 24.2 Å². The molecule has 2 N–H and O–H groups in total. The molecule has 31 heavy (non-hydrogen) atoms. The van der Waals surface area contributed by atoms with E-state index in [1.807, 2.05) is 30.0 Å². The number of nitrogens with zero attached hydrogens (tertiary/aromatic N) is 2. The van der Waals surface area contributed by atoms with Gasteiger partial charge in [0.15, 0.2) is 0 Å². The lowest BCUT2D eigenvalue weighted by atomic mass is 10.1. The molecular formula is C25H32N4OS. The van der Waals surface area contributed by atoms with Crippen LogP contribution in [0.15, 0.2) is 47.4 Å². The molecule has 1 aliphatic rings. The molecule has 1 amide bonds. The number of carbonyl (C=O) groups excluding carboxylic acids is 1. The lowest BCUT2D eigenvalue weighted by Crippen LogP contribution is -2.29. The first kappa shape index (κ1) is 21.9. The highest BCUT2D eigenvalue weighted by Gasteiger charge is 2.11. The average Bonchev–Trinajstić information content (AvgIpc) is 3.20. The van der Waals surface area contributed by atoms with Crippen LogP contribution in [0.25, 0.3) is 11.0 Å². The fourth-order valence-electron chi connectivity index (χ4n) is 4.15. The Labute approximate surface area is 189 Å². The molecular weight excluding hydrogens is 404 g/mol. The first-order valence-electron chi connectivity index (χ1n) is 11.3. The van der Waals surface area contributed by atoms with Crippen molar-refractivity contribution in [2.45, 2.75) is 50.0 Å². The number of benzene rings is 2. The number of amides is 1. The summed E-state index contributed by atoms with van der Waals surface area (Å²) in [4.78, 5) is 23.7. The number of imidazole rings is 1. The van der Waals surface area contributed by atoms with Crippen LogP contribution in [0, 0.1) is 0 Å². The van der Waals surface area contributed by atoms with E-state index in [9.17, 15) is 4.79 Å². The van der Waals surface area contributed by atoms with E-state index >= 15 is 0 Å². The van der Waals surface area contributed by atoms with E-state index in [1.54, 1.807) is 7.05 Å². The van der Waals surface area contributed by atoms with Gasteiger partial charge in [-0.1, -0.05) is 24.6 Å². The maximum absolute atomic E-state index is 11.6. The number of hydrogen-bond donors (Lipinski definition) is 2. The second kappa shape index (κ2) is 10.8. The van der Waals surface area contributed by atoms with Crippen LogP contribution in [0.5, 0.6) is 0 Å². The van der Waals surface area contributed by atoms with Crippen molar-refractivity contribution >= 4 is 28.7 Å². The van der Waals surface area contributed by atoms with Gasteiger partial charge in [0.1, 0.15) is 5.82 Å². The highest BCUT2D eigenvalue weighted by molar-refractivity contribution is 7.99. The Morgan fingerprint density at radius 1 is 1.13 bits per heavy atom. The van der Waals surface area contributed by atoms with E-state index in [0.717, 1.165) is 47.6 Å². The van der Waals surface area contributed by atoms with E-state index in [4.69, 9.17) is 4.98 Å². The number of thioether (sulfide) groups is 1. The van der Waals surface area contributed by atoms with E-state index < -0.39 is 0 Å². The average molecular weight is 437 g/mol. The quantitative estimate of drug-likeness (QED) is 0.381. The fraction of sp³-hybridized carbons (Fsp3) is 0.440. The number of fused-ring (bicyclic) bond motifs is 1. The van der Waals surface area contributed by atoms with Crippen LogP contribution in [-0.4, -0.2) is 46.7 Å². The Morgan fingerprint density at radius 2 is 2.00 bits per heavy atom. The molecule has 4 rings (SSSR count). The molecule has 6 heteroatoms. The number of aryl methyl sites for hydroxylation is 1. The topological polar surface area (TPSA) is 61.0 Å². The Kier molecular flexibility index (Phi) is 7.65. The number of likely N-dealkylation sites (tertiary alicyclic amines) is 1. The summed E-state index contributed by atoms with van der Waals surface area (Å²) in [7, 11) is 1.66. The van der Waals surface area contributed by atoms with Gasteiger partial charge in [-0.05, 0) is 73.5 Å². The zero-order chi connectivity index (χ0) is 21.5. The molecule has 0 bridgehead atoms. The summed E-state index contributed by atoms with van der Waals surface area (Å²) < 4.78 is 0. The normalized spacial score (nSPS) is 14.7. The Morgan fingerprint density at radius 3 is 2.84 bits per heavy atom. The number of likely N-dealkylation sites (N-methyl/N-ethyl adjacent to an activating group) is 1. The van der Waals surface area contributed by atoms with Crippen LogP contribution >= 0.6 is 11.8 Å². The number of hydrogen-bond acceptors (Lipinski definition) is 4. The predicted molar refractivity (Wildman–Crippen MR) is 128 cm³/mol. The Balaban J connectivity index is 1.26. The third-order valence-corrected chi connectivity index (χ3v) is 6.90. The predicted octanol–water partition coefficient (Wildman–Crippen LogP) is 4.56. The zero-order valence-corrected chi connectivity index (χ0v) is 19.1. The van der Waals surface area contributed by atoms with Gasteiger partial charge in [0.05, 0.1) is 17.5 Å². The van der Waals surface area contributed by atoms with Crippen molar-refractivity contribution in [1.82, 2.24) is 20.2 Å². The zero-order valence-electron chi connectivity index (χ0n) is 18.3. The van der Waals surface area contributed by atoms with Crippen molar-refractivity contribution in [2.75, 3.05) is 25.9 Å². The van der Waals surface area contributed by atoms with E-state index in [-0.39, 0.29) is 5.91 Å². The monoisotopic (exact) mass is 436 g/mol. The highest BCUT2D eigenvalue weighted by atomic mass is 32.2. The molecule has 1 aromatic heterocycles. The third-order valence-electron chi connectivity index (χ3n) is 5.82.